The summed E-state index contributed by atoms with van der Waals surface area (Å²) in [4.78, 5) is 4.62. The van der Waals surface area contributed by atoms with Gasteiger partial charge in [-0.25, -0.2) is 0 Å². The summed E-state index contributed by atoms with van der Waals surface area (Å²) < 4.78 is 10.3. The van der Waals surface area contributed by atoms with Gasteiger partial charge < -0.3 is 20.1 Å². The number of thiophene rings is 1. The second-order valence-electron chi connectivity index (χ2n) is 4.71. The third-order valence-electron chi connectivity index (χ3n) is 2.95. The molecule has 0 bridgehead atoms. The quantitative estimate of drug-likeness (QED) is 0.254. The molecule has 0 amide bonds. The van der Waals surface area contributed by atoms with Crippen LogP contribution in [0.1, 0.15) is 25.3 Å². The third kappa shape index (κ3) is 9.60. The lowest BCUT2D eigenvalue weighted by atomic mass is 10.1. The molecule has 22 heavy (non-hydrogen) atoms. The molecule has 0 saturated heterocycles. The minimum atomic E-state index is 0. The summed E-state index contributed by atoms with van der Waals surface area (Å²) in [6.07, 6.45) is 0. The maximum absolute atomic E-state index is 5.42. The number of methoxy groups -OCH3 is 1. The number of nitrogens with zero attached hydrogens (tertiary/aromatic N) is 1. The van der Waals surface area contributed by atoms with Crippen molar-refractivity contribution in [3.63, 3.8) is 0 Å². The zero-order chi connectivity index (χ0) is 15.3. The zero-order valence-electron chi connectivity index (χ0n) is 13.6. The molecule has 7 heteroatoms. The fraction of sp³-hybridized carbons (Fsp3) is 0.667. The van der Waals surface area contributed by atoms with Gasteiger partial charge in [0.25, 0.3) is 0 Å². The smallest absolute Gasteiger partial charge is 0.191 e. The van der Waals surface area contributed by atoms with Crippen molar-refractivity contribution in [1.29, 1.82) is 0 Å². The molecule has 1 atom stereocenters. The highest BCUT2D eigenvalue weighted by atomic mass is 127. The minimum Gasteiger partial charge on any atom is -0.382 e. The average molecular weight is 441 g/mol. The molecule has 1 heterocycles. The lowest BCUT2D eigenvalue weighted by Gasteiger charge is -2.13. The summed E-state index contributed by atoms with van der Waals surface area (Å²) in [7, 11) is 1.67. The Labute approximate surface area is 154 Å². The molecule has 2 N–H and O–H groups in total. The van der Waals surface area contributed by atoms with Crippen molar-refractivity contribution in [3.8, 4) is 0 Å². The predicted octanol–water partition coefficient (Wildman–Crippen LogP) is 2.69. The summed E-state index contributed by atoms with van der Waals surface area (Å²) in [6, 6.07) is 2.16. The van der Waals surface area contributed by atoms with Gasteiger partial charge in [-0.2, -0.15) is 11.3 Å². The lowest BCUT2D eigenvalue weighted by molar-refractivity contribution is 0.0733. The van der Waals surface area contributed by atoms with Crippen molar-refractivity contribution in [2.45, 2.75) is 19.8 Å². The molecule has 0 aliphatic heterocycles. The molecule has 1 aromatic rings. The van der Waals surface area contributed by atoms with Gasteiger partial charge in [-0.15, -0.1) is 24.0 Å². The molecule has 0 aliphatic carbocycles. The van der Waals surface area contributed by atoms with Gasteiger partial charge in [0.05, 0.1) is 19.8 Å². The Bertz CT molecular complexity index is 388. The molecule has 1 rings (SSSR count). The third-order valence-corrected chi connectivity index (χ3v) is 3.65. The van der Waals surface area contributed by atoms with Gasteiger partial charge in [-0.3, -0.25) is 4.99 Å². The number of ether oxygens (including phenoxy) is 2. The van der Waals surface area contributed by atoms with E-state index in [1.54, 1.807) is 18.4 Å². The van der Waals surface area contributed by atoms with E-state index in [0.29, 0.717) is 25.7 Å². The van der Waals surface area contributed by atoms with Crippen LogP contribution >= 0.6 is 35.3 Å². The minimum absolute atomic E-state index is 0. The van der Waals surface area contributed by atoms with E-state index < -0.39 is 0 Å². The van der Waals surface area contributed by atoms with E-state index >= 15 is 0 Å². The van der Waals surface area contributed by atoms with Crippen molar-refractivity contribution in [2.75, 3.05) is 46.6 Å². The van der Waals surface area contributed by atoms with Gasteiger partial charge in [-0.05, 0) is 29.3 Å². The van der Waals surface area contributed by atoms with Crippen LogP contribution in [-0.2, 0) is 9.47 Å². The van der Waals surface area contributed by atoms with Crippen LogP contribution in [0.15, 0.2) is 21.8 Å². The van der Waals surface area contributed by atoms with E-state index in [0.717, 1.165) is 25.6 Å². The number of hydrogen-bond acceptors (Lipinski definition) is 4. The van der Waals surface area contributed by atoms with E-state index in [9.17, 15) is 0 Å². The second kappa shape index (κ2) is 14.2. The van der Waals surface area contributed by atoms with Crippen molar-refractivity contribution in [1.82, 2.24) is 10.6 Å². The maximum atomic E-state index is 5.42. The molecule has 0 spiro atoms. The largest absolute Gasteiger partial charge is 0.382 e. The van der Waals surface area contributed by atoms with E-state index in [1.807, 2.05) is 0 Å². The van der Waals surface area contributed by atoms with Crippen LogP contribution in [0, 0.1) is 0 Å². The monoisotopic (exact) mass is 441 g/mol. The van der Waals surface area contributed by atoms with Gasteiger partial charge in [-0.1, -0.05) is 6.92 Å². The Morgan fingerprint density at radius 3 is 2.77 bits per heavy atom. The van der Waals surface area contributed by atoms with E-state index in [2.05, 4.69) is 46.3 Å². The van der Waals surface area contributed by atoms with E-state index in [1.165, 1.54) is 5.56 Å². The predicted molar refractivity (Wildman–Crippen MR) is 105 cm³/mol. The van der Waals surface area contributed by atoms with Crippen LogP contribution < -0.4 is 10.6 Å². The first-order chi connectivity index (χ1) is 10.3. The van der Waals surface area contributed by atoms with Crippen molar-refractivity contribution < 1.29 is 9.47 Å². The Morgan fingerprint density at radius 1 is 1.32 bits per heavy atom. The summed E-state index contributed by atoms with van der Waals surface area (Å²) >= 11 is 1.73. The van der Waals surface area contributed by atoms with Crippen LogP contribution in [0.4, 0.5) is 0 Å². The van der Waals surface area contributed by atoms with Crippen LogP contribution in [0.2, 0.25) is 0 Å². The number of halogens is 1. The second-order valence-corrected chi connectivity index (χ2v) is 5.49. The average Bonchev–Trinajstić information content (AvgIpc) is 3.02. The highest BCUT2D eigenvalue weighted by Gasteiger charge is 2.05. The Morgan fingerprint density at radius 2 is 2.14 bits per heavy atom. The molecule has 128 valence electrons. The van der Waals surface area contributed by atoms with Crippen molar-refractivity contribution in [3.05, 3.63) is 22.4 Å². The zero-order valence-corrected chi connectivity index (χ0v) is 16.8. The summed E-state index contributed by atoms with van der Waals surface area (Å²) in [5.41, 5.74) is 1.35. The van der Waals surface area contributed by atoms with Gasteiger partial charge in [0.15, 0.2) is 5.96 Å². The van der Waals surface area contributed by atoms with Gasteiger partial charge in [0, 0.05) is 32.7 Å². The molecule has 0 saturated carbocycles. The summed E-state index contributed by atoms with van der Waals surface area (Å²) in [5.74, 6) is 1.28. The number of aliphatic imine (C=N–C) groups is 1. The first kappa shape index (κ1) is 21.6. The fourth-order valence-corrected chi connectivity index (χ4v) is 2.50. The first-order valence-corrected chi connectivity index (χ1v) is 8.33. The van der Waals surface area contributed by atoms with Crippen LogP contribution in [-0.4, -0.2) is 52.5 Å². The molecule has 1 unspecified atom stereocenters. The van der Waals surface area contributed by atoms with Gasteiger partial charge in [0.1, 0.15) is 0 Å². The number of guanidine groups is 1. The molecule has 5 nitrogen and oxygen atoms in total. The van der Waals surface area contributed by atoms with Gasteiger partial charge >= 0.3 is 0 Å². The van der Waals surface area contributed by atoms with Gasteiger partial charge in [0.2, 0.25) is 0 Å². The number of nitrogens with one attached hydrogen (secondary N) is 2. The van der Waals surface area contributed by atoms with E-state index in [4.69, 9.17) is 9.47 Å². The highest BCUT2D eigenvalue weighted by Crippen LogP contribution is 2.18. The molecule has 0 fully saturated rings. The normalized spacial score (nSPS) is 12.6. The van der Waals surface area contributed by atoms with E-state index in [-0.39, 0.29) is 24.0 Å². The fourth-order valence-electron chi connectivity index (χ4n) is 1.72. The van der Waals surface area contributed by atoms with Crippen LogP contribution in [0.3, 0.4) is 0 Å². The molecular formula is C15H28IN3O2S. The first-order valence-electron chi connectivity index (χ1n) is 7.38. The van der Waals surface area contributed by atoms with Crippen LogP contribution in [0.25, 0.3) is 0 Å². The molecule has 0 radical (unpaired) electrons. The Kier molecular flexibility index (Phi) is 14.0. The molecule has 0 aliphatic rings. The lowest BCUT2D eigenvalue weighted by Crippen LogP contribution is -2.39. The molecule has 1 aromatic heterocycles. The SMILES string of the molecule is CCNC(=NCC(C)c1ccsc1)NCCOCCOC.I. The maximum Gasteiger partial charge on any atom is 0.191 e. The Balaban J connectivity index is 0.00000441. The topological polar surface area (TPSA) is 54.9 Å². The number of rotatable bonds is 10. The number of hydrogen-bond donors (Lipinski definition) is 2. The summed E-state index contributed by atoms with van der Waals surface area (Å²) in [6.45, 7) is 8.53. The standard InChI is InChI=1S/C15H27N3O2S.HI/c1-4-16-15(17-6-7-20-9-8-19-3)18-11-13(2)14-5-10-21-12-14;/h5,10,12-13H,4,6-9,11H2,1-3H3,(H2,16,17,18);1H. The van der Waals surface area contributed by atoms with Crippen molar-refractivity contribution >= 4 is 41.3 Å². The Hall–Kier alpha value is -0.380. The molecular weight excluding hydrogens is 413 g/mol. The van der Waals surface area contributed by atoms with Crippen LogP contribution in [0.5, 0.6) is 0 Å². The molecule has 0 aromatic carbocycles. The van der Waals surface area contributed by atoms with Crippen molar-refractivity contribution in [2.24, 2.45) is 4.99 Å². The highest BCUT2D eigenvalue weighted by molar-refractivity contribution is 14.0. The summed E-state index contributed by atoms with van der Waals surface area (Å²) in [5, 5.41) is 10.8.